The van der Waals surface area contributed by atoms with Gasteiger partial charge in [-0.05, 0) is 42.4 Å². The molecule has 0 radical (unpaired) electrons. The molecule has 0 saturated carbocycles. The molecule has 0 spiro atoms. The molecule has 0 aromatic heterocycles. The molecule has 0 bridgehead atoms. The molecule has 0 heterocycles. The molecule has 0 aliphatic heterocycles. The van der Waals surface area contributed by atoms with Crippen LogP contribution in [0.15, 0.2) is 84.9 Å². The predicted octanol–water partition coefficient (Wildman–Crippen LogP) is 3.94. The lowest BCUT2D eigenvalue weighted by molar-refractivity contribution is 1.09. The second-order valence-electron chi connectivity index (χ2n) is 4.62. The number of hydrogen-bond acceptors (Lipinski definition) is 3. The lowest BCUT2D eigenvalue weighted by Crippen LogP contribution is -2.24. The molecule has 3 nitrogen and oxygen atoms in total. The third kappa shape index (κ3) is 3.73. The van der Waals surface area contributed by atoms with Gasteiger partial charge in [0.1, 0.15) is 0 Å². The monoisotopic (exact) mass is 291 g/mol. The van der Waals surface area contributed by atoms with Crippen LogP contribution in [0.25, 0.3) is 11.1 Å². The van der Waals surface area contributed by atoms with Crippen molar-refractivity contribution in [3.05, 3.63) is 84.9 Å². The molecule has 4 N–H and O–H groups in total. The summed E-state index contributed by atoms with van der Waals surface area (Å²) in [7, 11) is 1.50. The Morgan fingerprint density at radius 1 is 0.545 bits per heavy atom. The summed E-state index contributed by atoms with van der Waals surface area (Å²) in [6.07, 6.45) is 0. The first kappa shape index (κ1) is 15.8. The van der Waals surface area contributed by atoms with Crippen molar-refractivity contribution in [3.63, 3.8) is 0 Å². The van der Waals surface area contributed by atoms with Crippen molar-refractivity contribution in [1.29, 1.82) is 0 Å². The van der Waals surface area contributed by atoms with Crippen LogP contribution in [0.2, 0.25) is 0 Å². The molecule has 22 heavy (non-hydrogen) atoms. The minimum Gasteiger partial charge on any atom is -0.333 e. The lowest BCUT2D eigenvalue weighted by Gasteiger charge is -2.19. The second kappa shape index (κ2) is 7.98. The lowest BCUT2D eigenvalue weighted by atomic mass is 10.1. The molecule has 3 aromatic rings. The van der Waals surface area contributed by atoms with E-state index in [4.69, 9.17) is 5.84 Å². The maximum Gasteiger partial charge on any atom is 0.0575 e. The fourth-order valence-corrected chi connectivity index (χ4v) is 2.18. The number of para-hydroxylation sites is 1. The fourth-order valence-electron chi connectivity index (χ4n) is 2.18. The Morgan fingerprint density at radius 3 is 1.50 bits per heavy atom. The van der Waals surface area contributed by atoms with Crippen molar-refractivity contribution >= 4 is 11.4 Å². The predicted molar refractivity (Wildman–Crippen MR) is 94.8 cm³/mol. The number of benzene rings is 3. The summed E-state index contributed by atoms with van der Waals surface area (Å²) in [4.78, 5) is 0. The zero-order valence-electron chi connectivity index (χ0n) is 12.7. The van der Waals surface area contributed by atoms with E-state index in [0.717, 1.165) is 11.4 Å². The first-order chi connectivity index (χ1) is 10.8. The number of anilines is 2. The van der Waals surface area contributed by atoms with Gasteiger partial charge in [-0.1, -0.05) is 60.7 Å². The van der Waals surface area contributed by atoms with Crippen molar-refractivity contribution in [3.8, 4) is 11.1 Å². The van der Waals surface area contributed by atoms with Crippen LogP contribution in [0, 0.1) is 0 Å². The van der Waals surface area contributed by atoms with E-state index in [2.05, 4.69) is 30.0 Å². The molecule has 0 fully saturated rings. The largest absolute Gasteiger partial charge is 0.333 e. The second-order valence-corrected chi connectivity index (χ2v) is 4.62. The van der Waals surface area contributed by atoms with E-state index >= 15 is 0 Å². The van der Waals surface area contributed by atoms with Crippen LogP contribution in [-0.2, 0) is 0 Å². The van der Waals surface area contributed by atoms with Gasteiger partial charge in [0, 0.05) is 0 Å². The topological polar surface area (TPSA) is 55.3 Å². The summed E-state index contributed by atoms with van der Waals surface area (Å²) < 4.78 is 0. The van der Waals surface area contributed by atoms with Gasteiger partial charge in [-0.15, -0.1) is 0 Å². The van der Waals surface area contributed by atoms with Gasteiger partial charge in [0.15, 0.2) is 0 Å². The van der Waals surface area contributed by atoms with Gasteiger partial charge in [0.05, 0.1) is 11.4 Å². The zero-order chi connectivity index (χ0) is 15.8. The highest BCUT2D eigenvalue weighted by Crippen LogP contribution is 2.25. The molecule has 0 atom stereocenters. The molecular weight excluding hydrogens is 270 g/mol. The molecule has 0 aliphatic carbocycles. The Labute approximate surface area is 131 Å². The van der Waals surface area contributed by atoms with E-state index in [0.29, 0.717) is 0 Å². The smallest absolute Gasteiger partial charge is 0.0575 e. The van der Waals surface area contributed by atoms with Crippen molar-refractivity contribution in [1.82, 2.24) is 0 Å². The van der Waals surface area contributed by atoms with Gasteiger partial charge in [-0.2, -0.15) is 0 Å². The molecule has 0 unspecified atom stereocenters. The van der Waals surface area contributed by atoms with E-state index in [-0.39, 0.29) is 0 Å². The maximum atomic E-state index is 6.14. The van der Waals surface area contributed by atoms with Crippen molar-refractivity contribution in [2.75, 3.05) is 12.1 Å². The molecule has 3 aromatic carbocycles. The van der Waals surface area contributed by atoms with E-state index in [1.54, 1.807) is 5.01 Å². The Balaban J connectivity index is 0.000000847. The standard InChI is InChI=1S/C18H16N2.CH5N/c19-20(17-9-5-2-6-10-17)18-13-11-16(12-14-18)15-7-3-1-4-8-15;1-2/h1-14H,19H2;2H2,1H3. The first-order valence-corrected chi connectivity index (χ1v) is 7.18. The molecule has 0 amide bonds. The van der Waals surface area contributed by atoms with E-state index in [1.165, 1.54) is 18.2 Å². The molecular formula is C19H21N3. The molecule has 112 valence electrons. The number of hydrogen-bond donors (Lipinski definition) is 2. The van der Waals surface area contributed by atoms with Gasteiger partial charge in [-0.3, -0.25) is 5.01 Å². The molecule has 0 aliphatic rings. The Kier molecular flexibility index (Phi) is 5.72. The summed E-state index contributed by atoms with van der Waals surface area (Å²) >= 11 is 0. The SMILES string of the molecule is CN.NN(c1ccccc1)c1ccc(-c2ccccc2)cc1. The van der Waals surface area contributed by atoms with Crippen LogP contribution < -0.4 is 16.6 Å². The van der Waals surface area contributed by atoms with Gasteiger partial charge >= 0.3 is 0 Å². The first-order valence-electron chi connectivity index (χ1n) is 7.18. The summed E-state index contributed by atoms with van der Waals surface area (Å²) in [6.45, 7) is 0. The normalized spacial score (nSPS) is 9.59. The molecule has 3 rings (SSSR count). The third-order valence-electron chi connectivity index (χ3n) is 3.29. The van der Waals surface area contributed by atoms with Gasteiger partial charge in [-0.25, -0.2) is 5.84 Å². The highest BCUT2D eigenvalue weighted by atomic mass is 15.4. The van der Waals surface area contributed by atoms with Crippen LogP contribution in [0.3, 0.4) is 0 Å². The number of hydrazine groups is 1. The van der Waals surface area contributed by atoms with Crippen LogP contribution in [0.4, 0.5) is 11.4 Å². The quantitative estimate of drug-likeness (QED) is 0.567. The van der Waals surface area contributed by atoms with Crippen molar-refractivity contribution < 1.29 is 0 Å². The average molecular weight is 291 g/mol. The van der Waals surface area contributed by atoms with E-state index in [9.17, 15) is 0 Å². The van der Waals surface area contributed by atoms with Crippen LogP contribution in [0.5, 0.6) is 0 Å². The number of rotatable bonds is 3. The highest BCUT2D eigenvalue weighted by molar-refractivity contribution is 5.68. The molecule has 3 heteroatoms. The Hall–Kier alpha value is -2.62. The zero-order valence-corrected chi connectivity index (χ0v) is 12.7. The average Bonchev–Trinajstić information content (AvgIpc) is 2.64. The summed E-state index contributed by atoms with van der Waals surface area (Å²) in [6, 6.07) is 28.5. The van der Waals surface area contributed by atoms with Crippen LogP contribution in [-0.4, -0.2) is 7.05 Å². The highest BCUT2D eigenvalue weighted by Gasteiger charge is 2.04. The minimum absolute atomic E-state index is 0.968. The van der Waals surface area contributed by atoms with E-state index < -0.39 is 0 Å². The minimum atomic E-state index is 0.968. The Bertz CT molecular complexity index is 664. The van der Waals surface area contributed by atoms with Gasteiger partial charge in [0.2, 0.25) is 0 Å². The maximum absolute atomic E-state index is 6.14. The van der Waals surface area contributed by atoms with Gasteiger partial charge in [0.25, 0.3) is 0 Å². The summed E-state index contributed by atoms with van der Waals surface area (Å²) in [5, 5.41) is 1.69. The van der Waals surface area contributed by atoms with Crippen LogP contribution >= 0.6 is 0 Å². The number of nitrogens with two attached hydrogens (primary N) is 2. The Morgan fingerprint density at radius 2 is 0.955 bits per heavy atom. The van der Waals surface area contributed by atoms with Gasteiger partial charge < -0.3 is 5.73 Å². The van der Waals surface area contributed by atoms with E-state index in [1.807, 2.05) is 60.7 Å². The van der Waals surface area contributed by atoms with Crippen LogP contribution in [0.1, 0.15) is 0 Å². The van der Waals surface area contributed by atoms with Crippen molar-refractivity contribution in [2.45, 2.75) is 0 Å². The summed E-state index contributed by atoms with van der Waals surface area (Å²) in [5.74, 6) is 6.14. The molecule has 0 saturated heterocycles. The summed E-state index contributed by atoms with van der Waals surface area (Å²) in [5.41, 5.74) is 8.84. The fraction of sp³-hybridized carbons (Fsp3) is 0.0526. The third-order valence-corrected chi connectivity index (χ3v) is 3.29. The number of nitrogens with zero attached hydrogens (tertiary/aromatic N) is 1. The van der Waals surface area contributed by atoms with Crippen molar-refractivity contribution in [2.24, 2.45) is 11.6 Å².